The van der Waals surface area contributed by atoms with Gasteiger partial charge in [-0.25, -0.2) is 0 Å². The Morgan fingerprint density at radius 1 is 1.12 bits per heavy atom. The van der Waals surface area contributed by atoms with Crippen LogP contribution in [0.25, 0.3) is 0 Å². The highest BCUT2D eigenvalue weighted by Gasteiger charge is 2.14. The van der Waals surface area contributed by atoms with Crippen LogP contribution in [-0.2, 0) is 17.6 Å². The molecule has 2 aromatic carbocycles. The summed E-state index contributed by atoms with van der Waals surface area (Å²) < 4.78 is 5.66. The number of amides is 1. The monoisotopic (exact) mass is 345 g/mol. The molecule has 2 rings (SSSR count). The van der Waals surface area contributed by atoms with Crippen molar-refractivity contribution in [1.82, 2.24) is 0 Å². The minimum absolute atomic E-state index is 0.0251. The Hall–Kier alpha value is -2.00. The van der Waals surface area contributed by atoms with E-state index < -0.39 is 0 Å². The fraction of sp³-hybridized carbons (Fsp3) is 0.350. The zero-order valence-electron chi connectivity index (χ0n) is 14.7. The van der Waals surface area contributed by atoms with Crippen molar-refractivity contribution in [3.8, 4) is 5.75 Å². The summed E-state index contributed by atoms with van der Waals surface area (Å²) in [5.41, 5.74) is 5.06. The molecule has 0 aliphatic carbocycles. The van der Waals surface area contributed by atoms with E-state index in [9.17, 15) is 4.79 Å². The van der Waals surface area contributed by atoms with Gasteiger partial charge in [-0.05, 0) is 55.5 Å². The molecule has 0 unspecified atom stereocenters. The predicted octanol–water partition coefficient (Wildman–Crippen LogP) is 5.10. The van der Waals surface area contributed by atoms with E-state index >= 15 is 0 Å². The third-order valence-electron chi connectivity index (χ3n) is 4.03. The van der Waals surface area contributed by atoms with Crippen LogP contribution in [0.5, 0.6) is 5.75 Å². The topological polar surface area (TPSA) is 38.3 Å². The number of hydrogen-bond donors (Lipinski definition) is 1. The first-order valence-corrected chi connectivity index (χ1v) is 8.64. The maximum Gasteiger partial charge on any atom is 0.262 e. The van der Waals surface area contributed by atoms with Crippen molar-refractivity contribution < 1.29 is 9.53 Å². The van der Waals surface area contributed by atoms with Crippen molar-refractivity contribution in [2.24, 2.45) is 0 Å². The van der Waals surface area contributed by atoms with E-state index in [2.05, 4.69) is 12.2 Å². The molecule has 0 bridgehead atoms. The summed E-state index contributed by atoms with van der Waals surface area (Å²) in [6.07, 6.45) is 1.60. The summed E-state index contributed by atoms with van der Waals surface area (Å²) in [7, 11) is 0. The molecule has 0 aliphatic heterocycles. The van der Waals surface area contributed by atoms with Gasteiger partial charge in [0, 0.05) is 10.7 Å². The summed E-state index contributed by atoms with van der Waals surface area (Å²) in [5.74, 6) is 0.551. The molecule has 24 heavy (non-hydrogen) atoms. The Morgan fingerprint density at radius 2 is 1.88 bits per heavy atom. The molecular weight excluding hydrogens is 322 g/mol. The van der Waals surface area contributed by atoms with E-state index in [0.717, 1.165) is 41.0 Å². The largest absolute Gasteiger partial charge is 0.483 e. The molecule has 0 aromatic heterocycles. The van der Waals surface area contributed by atoms with E-state index in [0.29, 0.717) is 5.02 Å². The van der Waals surface area contributed by atoms with Crippen LogP contribution >= 0.6 is 11.6 Å². The second-order valence-corrected chi connectivity index (χ2v) is 6.28. The highest BCUT2D eigenvalue weighted by atomic mass is 35.5. The Bertz CT molecular complexity index is 741. The fourth-order valence-corrected chi connectivity index (χ4v) is 3.04. The van der Waals surface area contributed by atoms with Gasteiger partial charge in [-0.2, -0.15) is 0 Å². The molecule has 0 saturated heterocycles. The average molecular weight is 346 g/mol. The Labute approximate surface area is 149 Å². The lowest BCUT2D eigenvalue weighted by atomic mass is 10.0. The lowest BCUT2D eigenvalue weighted by molar-refractivity contribution is -0.118. The second kappa shape index (κ2) is 8.20. The number of nitrogens with one attached hydrogen (secondary N) is 1. The van der Waals surface area contributed by atoms with E-state index in [1.54, 1.807) is 0 Å². The molecular formula is C20H24ClNO2. The maximum atomic E-state index is 12.3. The van der Waals surface area contributed by atoms with Crippen LogP contribution in [0.1, 0.15) is 36.1 Å². The van der Waals surface area contributed by atoms with Crippen molar-refractivity contribution in [2.45, 2.75) is 40.5 Å². The van der Waals surface area contributed by atoms with Crippen molar-refractivity contribution in [3.05, 3.63) is 57.6 Å². The first kappa shape index (κ1) is 18.3. The van der Waals surface area contributed by atoms with Crippen molar-refractivity contribution in [2.75, 3.05) is 11.9 Å². The SMILES string of the molecule is CCc1ccc(Cl)c(CC)c1NC(=O)COc1ccc(C)cc1C. The van der Waals surface area contributed by atoms with Crippen LogP contribution in [0.4, 0.5) is 5.69 Å². The van der Waals surface area contributed by atoms with Gasteiger partial charge in [0.2, 0.25) is 0 Å². The van der Waals surface area contributed by atoms with Crippen LogP contribution in [0, 0.1) is 13.8 Å². The third kappa shape index (κ3) is 4.30. The van der Waals surface area contributed by atoms with Crippen molar-refractivity contribution >= 4 is 23.2 Å². The number of rotatable bonds is 6. The molecule has 128 valence electrons. The second-order valence-electron chi connectivity index (χ2n) is 5.87. The summed E-state index contributed by atoms with van der Waals surface area (Å²) in [6.45, 7) is 8.07. The molecule has 0 fully saturated rings. The number of anilines is 1. The number of benzene rings is 2. The van der Waals surface area contributed by atoms with Gasteiger partial charge in [0.15, 0.2) is 6.61 Å². The van der Waals surface area contributed by atoms with Gasteiger partial charge in [-0.15, -0.1) is 0 Å². The first-order valence-electron chi connectivity index (χ1n) is 8.26. The van der Waals surface area contributed by atoms with Gasteiger partial charge in [0.05, 0.1) is 0 Å². The highest BCUT2D eigenvalue weighted by Crippen LogP contribution is 2.29. The number of aryl methyl sites for hydroxylation is 3. The Balaban J connectivity index is 2.11. The van der Waals surface area contributed by atoms with Crippen LogP contribution in [0.2, 0.25) is 5.02 Å². The summed E-state index contributed by atoms with van der Waals surface area (Å²) in [4.78, 5) is 12.3. The number of hydrogen-bond acceptors (Lipinski definition) is 2. The van der Waals surface area contributed by atoms with Crippen molar-refractivity contribution in [3.63, 3.8) is 0 Å². The lowest BCUT2D eigenvalue weighted by Gasteiger charge is -2.16. The zero-order chi connectivity index (χ0) is 17.7. The van der Waals surface area contributed by atoms with Gasteiger partial charge in [-0.1, -0.05) is 49.2 Å². The van der Waals surface area contributed by atoms with Gasteiger partial charge < -0.3 is 10.1 Å². The van der Waals surface area contributed by atoms with Gasteiger partial charge in [-0.3, -0.25) is 4.79 Å². The summed E-state index contributed by atoms with van der Waals surface area (Å²) in [6, 6.07) is 9.76. The molecule has 0 heterocycles. The summed E-state index contributed by atoms with van der Waals surface area (Å²) in [5, 5.41) is 3.66. The highest BCUT2D eigenvalue weighted by molar-refractivity contribution is 6.32. The maximum absolute atomic E-state index is 12.3. The molecule has 0 atom stereocenters. The molecule has 3 nitrogen and oxygen atoms in total. The molecule has 1 amide bonds. The quantitative estimate of drug-likeness (QED) is 0.791. The number of halogens is 1. The Morgan fingerprint density at radius 3 is 2.50 bits per heavy atom. The molecule has 0 radical (unpaired) electrons. The zero-order valence-corrected chi connectivity index (χ0v) is 15.5. The van der Waals surface area contributed by atoms with Gasteiger partial charge in [0.25, 0.3) is 5.91 Å². The van der Waals surface area contributed by atoms with Gasteiger partial charge >= 0.3 is 0 Å². The van der Waals surface area contributed by atoms with Gasteiger partial charge in [0.1, 0.15) is 5.75 Å². The molecule has 2 aromatic rings. The molecule has 4 heteroatoms. The lowest BCUT2D eigenvalue weighted by Crippen LogP contribution is -2.22. The van der Waals surface area contributed by atoms with Crippen LogP contribution in [0.3, 0.4) is 0 Å². The van der Waals surface area contributed by atoms with E-state index in [1.807, 2.05) is 51.1 Å². The predicted molar refractivity (Wildman–Crippen MR) is 100 cm³/mol. The minimum Gasteiger partial charge on any atom is -0.483 e. The standard InChI is InChI=1S/C20H24ClNO2/c1-5-15-8-9-17(21)16(6-2)20(15)22-19(23)12-24-18-10-7-13(3)11-14(18)4/h7-11H,5-6,12H2,1-4H3,(H,22,23). The fourth-order valence-electron chi connectivity index (χ4n) is 2.75. The van der Waals surface area contributed by atoms with Crippen LogP contribution < -0.4 is 10.1 Å². The van der Waals surface area contributed by atoms with Crippen molar-refractivity contribution in [1.29, 1.82) is 0 Å². The van der Waals surface area contributed by atoms with E-state index in [1.165, 1.54) is 5.56 Å². The van der Waals surface area contributed by atoms with Crippen LogP contribution in [0.15, 0.2) is 30.3 Å². The molecule has 0 saturated carbocycles. The number of carbonyl (C=O) groups excluding carboxylic acids is 1. The van der Waals surface area contributed by atoms with E-state index in [-0.39, 0.29) is 12.5 Å². The Kier molecular flexibility index (Phi) is 6.27. The third-order valence-corrected chi connectivity index (χ3v) is 4.38. The molecule has 1 N–H and O–H groups in total. The minimum atomic E-state index is -0.179. The normalized spacial score (nSPS) is 10.5. The van der Waals surface area contributed by atoms with E-state index in [4.69, 9.17) is 16.3 Å². The smallest absolute Gasteiger partial charge is 0.262 e. The van der Waals surface area contributed by atoms with Crippen LogP contribution in [-0.4, -0.2) is 12.5 Å². The molecule has 0 spiro atoms. The molecule has 0 aliphatic rings. The summed E-state index contributed by atoms with van der Waals surface area (Å²) >= 11 is 6.27. The first-order chi connectivity index (χ1) is 11.5. The number of carbonyl (C=O) groups is 1. The average Bonchev–Trinajstić information content (AvgIpc) is 2.54. The number of ether oxygens (including phenoxy) is 1.